The molecule has 162 valence electrons. The van der Waals surface area contributed by atoms with E-state index in [1.165, 1.54) is 0 Å². The maximum atomic E-state index is 5.45. The highest BCUT2D eigenvalue weighted by molar-refractivity contribution is 14.0. The van der Waals surface area contributed by atoms with Crippen LogP contribution in [0.5, 0.6) is 17.2 Å². The molecule has 0 radical (unpaired) electrons. The van der Waals surface area contributed by atoms with E-state index < -0.39 is 0 Å². The predicted octanol–water partition coefficient (Wildman–Crippen LogP) is 2.44. The van der Waals surface area contributed by atoms with Crippen molar-refractivity contribution >= 4 is 29.9 Å². The van der Waals surface area contributed by atoms with Gasteiger partial charge in [0, 0.05) is 26.8 Å². The van der Waals surface area contributed by atoms with Crippen molar-refractivity contribution in [1.82, 2.24) is 10.6 Å². The summed E-state index contributed by atoms with van der Waals surface area (Å²) in [7, 11) is 6.46. The second kappa shape index (κ2) is 16.5. The Kier molecular flexibility index (Phi) is 15.6. The van der Waals surface area contributed by atoms with E-state index in [9.17, 15) is 0 Å². The number of halogens is 1. The molecule has 28 heavy (non-hydrogen) atoms. The number of methoxy groups -OCH3 is 4. The van der Waals surface area contributed by atoms with E-state index in [1.807, 2.05) is 19.1 Å². The van der Waals surface area contributed by atoms with Crippen molar-refractivity contribution in [3.63, 3.8) is 0 Å². The first-order valence-corrected chi connectivity index (χ1v) is 9.07. The summed E-state index contributed by atoms with van der Waals surface area (Å²) in [5, 5.41) is 6.54. The second-order valence-corrected chi connectivity index (χ2v) is 5.61. The number of nitrogens with one attached hydrogen (secondary N) is 2. The molecule has 0 aliphatic carbocycles. The normalized spacial score (nSPS) is 10.8. The van der Waals surface area contributed by atoms with Gasteiger partial charge >= 0.3 is 0 Å². The highest BCUT2D eigenvalue weighted by Gasteiger charge is 2.13. The van der Waals surface area contributed by atoms with E-state index in [0.29, 0.717) is 43.6 Å². The van der Waals surface area contributed by atoms with Crippen LogP contribution in [0.2, 0.25) is 0 Å². The molecule has 0 aliphatic heterocycles. The molecule has 0 bridgehead atoms. The van der Waals surface area contributed by atoms with Crippen molar-refractivity contribution in [3.05, 3.63) is 17.7 Å². The number of benzene rings is 1. The second-order valence-electron chi connectivity index (χ2n) is 5.61. The number of hydrogen-bond donors (Lipinski definition) is 2. The van der Waals surface area contributed by atoms with Crippen LogP contribution >= 0.6 is 24.0 Å². The van der Waals surface area contributed by atoms with Crippen LogP contribution in [0, 0.1) is 0 Å². The first kappa shape index (κ1) is 26.5. The molecule has 0 spiro atoms. The van der Waals surface area contributed by atoms with Crippen LogP contribution < -0.4 is 24.8 Å². The molecular weight excluding hydrogens is 477 g/mol. The number of ether oxygens (including phenoxy) is 5. The Balaban J connectivity index is 0.00000729. The fourth-order valence-electron chi connectivity index (χ4n) is 2.36. The van der Waals surface area contributed by atoms with Crippen molar-refractivity contribution in [1.29, 1.82) is 0 Å². The van der Waals surface area contributed by atoms with Crippen LogP contribution in [0.4, 0.5) is 0 Å². The van der Waals surface area contributed by atoms with Crippen LogP contribution in [0.1, 0.15) is 18.9 Å². The molecule has 0 atom stereocenters. The fraction of sp³-hybridized carbons (Fsp3) is 0.632. The molecule has 0 amide bonds. The Hall–Kier alpha value is -1.46. The summed E-state index contributed by atoms with van der Waals surface area (Å²) in [4.78, 5) is 4.62. The van der Waals surface area contributed by atoms with E-state index >= 15 is 0 Å². The third kappa shape index (κ3) is 9.65. The molecule has 0 fully saturated rings. The van der Waals surface area contributed by atoms with Crippen LogP contribution in [-0.2, 0) is 16.0 Å². The van der Waals surface area contributed by atoms with Gasteiger partial charge in [-0.25, -0.2) is 4.99 Å². The van der Waals surface area contributed by atoms with Crippen LogP contribution in [0.25, 0.3) is 0 Å². The monoisotopic (exact) mass is 511 g/mol. The highest BCUT2D eigenvalue weighted by Crippen LogP contribution is 2.38. The van der Waals surface area contributed by atoms with Gasteiger partial charge in [0.05, 0.1) is 41.1 Å². The van der Waals surface area contributed by atoms with Gasteiger partial charge in [0.2, 0.25) is 5.75 Å². The lowest BCUT2D eigenvalue weighted by Crippen LogP contribution is -2.38. The first-order valence-electron chi connectivity index (χ1n) is 9.07. The van der Waals surface area contributed by atoms with Gasteiger partial charge in [-0.3, -0.25) is 0 Å². The Bertz CT molecular complexity index is 547. The smallest absolute Gasteiger partial charge is 0.203 e. The molecule has 0 unspecified atom stereocenters. The fourth-order valence-corrected chi connectivity index (χ4v) is 2.36. The van der Waals surface area contributed by atoms with Gasteiger partial charge in [-0.2, -0.15) is 0 Å². The summed E-state index contributed by atoms with van der Waals surface area (Å²) in [6, 6.07) is 3.80. The van der Waals surface area contributed by atoms with Crippen molar-refractivity contribution in [2.45, 2.75) is 19.9 Å². The van der Waals surface area contributed by atoms with E-state index in [-0.39, 0.29) is 24.0 Å². The molecule has 1 aromatic carbocycles. The topological polar surface area (TPSA) is 82.6 Å². The van der Waals surface area contributed by atoms with E-state index in [0.717, 1.165) is 31.0 Å². The van der Waals surface area contributed by atoms with E-state index in [2.05, 4.69) is 15.6 Å². The summed E-state index contributed by atoms with van der Waals surface area (Å²) >= 11 is 0. The van der Waals surface area contributed by atoms with E-state index in [1.54, 1.807) is 28.4 Å². The number of rotatable bonds is 13. The maximum Gasteiger partial charge on any atom is 0.203 e. The van der Waals surface area contributed by atoms with Gasteiger partial charge in [0.1, 0.15) is 0 Å². The minimum Gasteiger partial charge on any atom is -0.493 e. The summed E-state index contributed by atoms with van der Waals surface area (Å²) in [6.45, 7) is 5.99. The number of nitrogens with zero attached hydrogens (tertiary/aromatic N) is 1. The van der Waals surface area contributed by atoms with Crippen molar-refractivity contribution < 1.29 is 23.7 Å². The molecule has 9 heteroatoms. The molecule has 0 aliphatic rings. The average molecular weight is 511 g/mol. The van der Waals surface area contributed by atoms with Crippen molar-refractivity contribution in [2.24, 2.45) is 4.99 Å². The molecule has 0 aromatic heterocycles. The zero-order chi connectivity index (χ0) is 19.9. The Morgan fingerprint density at radius 3 is 2.14 bits per heavy atom. The Morgan fingerprint density at radius 2 is 1.61 bits per heavy atom. The van der Waals surface area contributed by atoms with E-state index in [4.69, 9.17) is 23.7 Å². The SMILES string of the molecule is CCNC(=NCc1cc(OC)c(OC)c(OC)c1)NCCCOCCOC.I. The van der Waals surface area contributed by atoms with Crippen molar-refractivity contribution in [3.8, 4) is 17.2 Å². The minimum absolute atomic E-state index is 0. The molecule has 0 saturated heterocycles. The maximum absolute atomic E-state index is 5.45. The predicted molar refractivity (Wildman–Crippen MR) is 122 cm³/mol. The molecule has 8 nitrogen and oxygen atoms in total. The average Bonchev–Trinajstić information content (AvgIpc) is 2.70. The summed E-state index contributed by atoms with van der Waals surface area (Å²) in [6.07, 6.45) is 0.887. The standard InChI is InChI=1S/C19H33N3O5.HI/c1-6-20-19(21-8-7-9-27-11-10-23-2)22-14-15-12-16(24-3)18(26-5)17(13-15)25-4;/h12-13H,6-11,14H2,1-5H3,(H2,20,21,22);1H. The van der Waals surface area contributed by atoms with Crippen molar-refractivity contribution in [2.75, 3.05) is 61.3 Å². The zero-order valence-electron chi connectivity index (χ0n) is 17.5. The Morgan fingerprint density at radius 1 is 0.929 bits per heavy atom. The van der Waals surface area contributed by atoms with Crippen LogP contribution in [0.3, 0.4) is 0 Å². The first-order chi connectivity index (χ1) is 13.2. The highest BCUT2D eigenvalue weighted by atomic mass is 127. The van der Waals surface area contributed by atoms with Gasteiger partial charge in [0.25, 0.3) is 0 Å². The number of guanidine groups is 1. The summed E-state index contributed by atoms with van der Waals surface area (Å²) < 4.78 is 26.5. The summed E-state index contributed by atoms with van der Waals surface area (Å²) in [5.74, 6) is 2.57. The van der Waals surface area contributed by atoms with Gasteiger partial charge in [-0.15, -0.1) is 24.0 Å². The lowest BCUT2D eigenvalue weighted by Gasteiger charge is -2.14. The minimum atomic E-state index is 0. The molecule has 1 aromatic rings. The Labute approximate surface area is 185 Å². The summed E-state index contributed by atoms with van der Waals surface area (Å²) in [5.41, 5.74) is 0.963. The zero-order valence-corrected chi connectivity index (χ0v) is 19.8. The molecule has 0 heterocycles. The lowest BCUT2D eigenvalue weighted by atomic mass is 10.2. The van der Waals surface area contributed by atoms with Gasteiger partial charge in [0.15, 0.2) is 17.5 Å². The molecule has 1 rings (SSSR count). The molecule has 2 N–H and O–H groups in total. The third-order valence-electron chi connectivity index (χ3n) is 3.68. The molecular formula is C19H34IN3O5. The van der Waals surface area contributed by atoms with Crippen LogP contribution in [-0.4, -0.2) is 67.3 Å². The quantitative estimate of drug-likeness (QED) is 0.182. The van der Waals surface area contributed by atoms with Gasteiger partial charge in [-0.05, 0) is 31.0 Å². The van der Waals surface area contributed by atoms with Crippen LogP contribution in [0.15, 0.2) is 17.1 Å². The lowest BCUT2D eigenvalue weighted by molar-refractivity contribution is 0.0698. The number of hydrogen-bond acceptors (Lipinski definition) is 6. The largest absolute Gasteiger partial charge is 0.493 e. The third-order valence-corrected chi connectivity index (χ3v) is 3.68. The van der Waals surface area contributed by atoms with Gasteiger partial charge < -0.3 is 34.3 Å². The molecule has 0 saturated carbocycles. The van der Waals surface area contributed by atoms with Gasteiger partial charge in [-0.1, -0.05) is 0 Å². The number of aliphatic imine (C=N–C) groups is 1.